The lowest BCUT2D eigenvalue weighted by atomic mass is 10.1. The minimum atomic E-state index is -4.84. The van der Waals surface area contributed by atoms with E-state index in [4.69, 9.17) is 9.47 Å². The Labute approximate surface area is 180 Å². The summed E-state index contributed by atoms with van der Waals surface area (Å²) in [6, 6.07) is 3.30. The normalized spacial score (nSPS) is 16.4. The molecule has 1 aliphatic rings. The molecule has 1 saturated heterocycles. The summed E-state index contributed by atoms with van der Waals surface area (Å²) in [4.78, 5) is 26.0. The van der Waals surface area contributed by atoms with E-state index in [2.05, 4.69) is 15.5 Å². The van der Waals surface area contributed by atoms with Crippen molar-refractivity contribution in [3.8, 4) is 17.4 Å². The Hall–Kier alpha value is -3.44. The summed E-state index contributed by atoms with van der Waals surface area (Å²) in [5, 5.41) is 9.15. The predicted molar refractivity (Wildman–Crippen MR) is 103 cm³/mol. The van der Waals surface area contributed by atoms with Gasteiger partial charge in [0.05, 0.1) is 7.11 Å². The summed E-state index contributed by atoms with van der Waals surface area (Å²) in [6.45, 7) is 2.16. The minimum Gasteiger partial charge on any atom is -0.493 e. The second-order valence-electron chi connectivity index (χ2n) is 7.12. The van der Waals surface area contributed by atoms with Crippen LogP contribution in [0.15, 0.2) is 24.3 Å². The quantitative estimate of drug-likeness (QED) is 0.695. The van der Waals surface area contributed by atoms with Gasteiger partial charge in [-0.15, -0.1) is 10.2 Å². The lowest BCUT2D eigenvalue weighted by Gasteiger charge is -2.32. The Morgan fingerprint density at radius 3 is 2.59 bits per heavy atom. The van der Waals surface area contributed by atoms with Crippen molar-refractivity contribution in [2.45, 2.75) is 32.0 Å². The first kappa shape index (κ1) is 23.2. The van der Waals surface area contributed by atoms with Crippen LogP contribution in [0.1, 0.15) is 35.8 Å². The van der Waals surface area contributed by atoms with Crippen molar-refractivity contribution >= 4 is 11.8 Å². The Bertz CT molecular complexity index is 1020. The number of hydrogen-bond donors (Lipinski definition) is 1. The summed E-state index contributed by atoms with van der Waals surface area (Å²) in [7, 11) is 1.25. The summed E-state index contributed by atoms with van der Waals surface area (Å²) >= 11 is 0. The maximum Gasteiger partial charge on any atom is 0.435 e. The minimum absolute atomic E-state index is 0.0533. The number of benzene rings is 1. The van der Waals surface area contributed by atoms with Gasteiger partial charge in [0.2, 0.25) is 5.91 Å². The van der Waals surface area contributed by atoms with E-state index in [1.165, 1.54) is 20.1 Å². The number of methoxy groups -OCH3 is 1. The van der Waals surface area contributed by atoms with Crippen LogP contribution in [-0.4, -0.2) is 53.2 Å². The monoisotopic (exact) mass is 456 g/mol. The summed E-state index contributed by atoms with van der Waals surface area (Å²) < 4.78 is 63.4. The first-order chi connectivity index (χ1) is 15.1. The van der Waals surface area contributed by atoms with Gasteiger partial charge in [-0.1, -0.05) is 0 Å². The van der Waals surface area contributed by atoms with E-state index in [9.17, 15) is 27.2 Å². The SMILES string of the molecule is COc1cc(F)ccc1Oc1nnc(C(F)(F)F)cc1C(=O)NC1CCCN(C(C)=O)C1. The molecule has 1 fully saturated rings. The van der Waals surface area contributed by atoms with Crippen molar-refractivity contribution in [3.05, 3.63) is 41.3 Å². The van der Waals surface area contributed by atoms with Gasteiger partial charge in [0.1, 0.15) is 11.4 Å². The number of piperidine rings is 1. The number of hydrogen-bond acceptors (Lipinski definition) is 6. The molecule has 0 aliphatic carbocycles. The molecule has 1 aromatic heterocycles. The van der Waals surface area contributed by atoms with E-state index >= 15 is 0 Å². The van der Waals surface area contributed by atoms with Crippen LogP contribution in [0.3, 0.4) is 0 Å². The first-order valence-electron chi connectivity index (χ1n) is 9.61. The number of alkyl halides is 3. The third-order valence-electron chi connectivity index (χ3n) is 4.83. The van der Waals surface area contributed by atoms with Crippen LogP contribution >= 0.6 is 0 Å². The van der Waals surface area contributed by atoms with Crippen LogP contribution in [0.25, 0.3) is 0 Å². The van der Waals surface area contributed by atoms with Gasteiger partial charge in [-0.05, 0) is 31.0 Å². The molecule has 32 heavy (non-hydrogen) atoms. The van der Waals surface area contributed by atoms with Crippen LogP contribution in [0.5, 0.6) is 17.4 Å². The zero-order valence-corrected chi connectivity index (χ0v) is 17.2. The average Bonchev–Trinajstić information content (AvgIpc) is 2.74. The molecule has 3 rings (SSSR count). The molecule has 2 aromatic rings. The molecule has 2 heterocycles. The molecule has 0 spiro atoms. The molecule has 0 bridgehead atoms. The number of rotatable bonds is 5. The second kappa shape index (κ2) is 9.37. The average molecular weight is 456 g/mol. The van der Waals surface area contributed by atoms with Crippen molar-refractivity contribution in [2.75, 3.05) is 20.2 Å². The molecule has 172 valence electrons. The fourth-order valence-corrected chi connectivity index (χ4v) is 3.23. The van der Waals surface area contributed by atoms with Gasteiger partial charge in [0.25, 0.3) is 11.8 Å². The second-order valence-corrected chi connectivity index (χ2v) is 7.12. The van der Waals surface area contributed by atoms with Crippen LogP contribution in [-0.2, 0) is 11.0 Å². The van der Waals surface area contributed by atoms with Gasteiger partial charge >= 0.3 is 6.18 Å². The van der Waals surface area contributed by atoms with Crippen LogP contribution in [0.4, 0.5) is 17.6 Å². The number of ether oxygens (including phenoxy) is 2. The highest BCUT2D eigenvalue weighted by Gasteiger charge is 2.35. The number of carbonyl (C=O) groups excluding carboxylic acids is 2. The molecule has 2 amide bonds. The van der Waals surface area contributed by atoms with Gasteiger partial charge in [-0.2, -0.15) is 13.2 Å². The van der Waals surface area contributed by atoms with Crippen molar-refractivity contribution in [1.29, 1.82) is 0 Å². The number of likely N-dealkylation sites (tertiary alicyclic amines) is 1. The zero-order valence-electron chi connectivity index (χ0n) is 17.2. The van der Waals surface area contributed by atoms with Crippen molar-refractivity contribution in [3.63, 3.8) is 0 Å². The van der Waals surface area contributed by atoms with E-state index in [1.54, 1.807) is 4.90 Å². The Morgan fingerprint density at radius 1 is 1.19 bits per heavy atom. The number of nitrogens with zero attached hydrogens (tertiary/aromatic N) is 3. The largest absolute Gasteiger partial charge is 0.493 e. The first-order valence-corrected chi connectivity index (χ1v) is 9.61. The molecule has 1 N–H and O–H groups in total. The van der Waals surface area contributed by atoms with E-state index < -0.39 is 41.1 Å². The molecule has 1 unspecified atom stereocenters. The number of aromatic nitrogens is 2. The van der Waals surface area contributed by atoms with Gasteiger partial charge in [0.15, 0.2) is 17.2 Å². The summed E-state index contributed by atoms with van der Waals surface area (Å²) in [6.07, 6.45) is -3.67. The van der Waals surface area contributed by atoms with E-state index in [-0.39, 0.29) is 24.0 Å². The molecule has 1 aliphatic heterocycles. The van der Waals surface area contributed by atoms with Gasteiger partial charge in [0, 0.05) is 32.1 Å². The summed E-state index contributed by atoms with van der Waals surface area (Å²) in [5.74, 6) is -2.31. The van der Waals surface area contributed by atoms with Crippen LogP contribution in [0.2, 0.25) is 0 Å². The van der Waals surface area contributed by atoms with Crippen LogP contribution < -0.4 is 14.8 Å². The van der Waals surface area contributed by atoms with Gasteiger partial charge in [-0.25, -0.2) is 4.39 Å². The fraction of sp³-hybridized carbons (Fsp3) is 0.400. The predicted octanol–water partition coefficient (Wildman–Crippen LogP) is 3.18. The van der Waals surface area contributed by atoms with E-state index in [1.807, 2.05) is 0 Å². The molecule has 8 nitrogen and oxygen atoms in total. The Balaban J connectivity index is 1.91. The molecule has 1 atom stereocenters. The van der Waals surface area contributed by atoms with E-state index in [0.29, 0.717) is 25.5 Å². The molecular weight excluding hydrogens is 436 g/mol. The highest BCUT2D eigenvalue weighted by Crippen LogP contribution is 2.34. The molecule has 12 heteroatoms. The lowest BCUT2D eigenvalue weighted by molar-refractivity contribution is -0.141. The maximum absolute atomic E-state index is 13.4. The fourth-order valence-electron chi connectivity index (χ4n) is 3.23. The molecule has 0 saturated carbocycles. The number of nitrogens with one attached hydrogen (secondary N) is 1. The summed E-state index contributed by atoms with van der Waals surface area (Å²) in [5.41, 5.74) is -1.89. The van der Waals surface area contributed by atoms with Crippen molar-refractivity contribution in [2.24, 2.45) is 0 Å². The zero-order chi connectivity index (χ0) is 23.5. The Morgan fingerprint density at radius 2 is 1.94 bits per heavy atom. The van der Waals surface area contributed by atoms with Gasteiger partial charge in [-0.3, -0.25) is 9.59 Å². The topological polar surface area (TPSA) is 93.7 Å². The molecule has 1 aromatic carbocycles. The highest BCUT2D eigenvalue weighted by molar-refractivity contribution is 5.96. The number of halogens is 4. The van der Waals surface area contributed by atoms with Gasteiger partial charge < -0.3 is 19.7 Å². The third kappa shape index (κ3) is 5.42. The Kier molecular flexibility index (Phi) is 6.80. The maximum atomic E-state index is 13.4. The van der Waals surface area contributed by atoms with Crippen molar-refractivity contribution in [1.82, 2.24) is 20.4 Å². The lowest BCUT2D eigenvalue weighted by Crippen LogP contribution is -2.49. The smallest absolute Gasteiger partial charge is 0.435 e. The number of amides is 2. The van der Waals surface area contributed by atoms with Crippen molar-refractivity contribution < 1.29 is 36.6 Å². The van der Waals surface area contributed by atoms with E-state index in [0.717, 1.165) is 12.1 Å². The third-order valence-corrected chi connectivity index (χ3v) is 4.83. The highest BCUT2D eigenvalue weighted by atomic mass is 19.4. The molecule has 0 radical (unpaired) electrons. The van der Waals surface area contributed by atoms with Crippen LogP contribution in [0, 0.1) is 5.82 Å². The standard InChI is InChI=1S/C20H20F4N4O4/c1-11(29)28-7-3-4-13(10-28)25-18(30)14-9-17(20(22,23)24)26-27-19(14)32-15-6-5-12(21)8-16(15)31-2/h5-6,8-9,13H,3-4,7,10H2,1-2H3,(H,25,30). The molecular formula is C20H20F4N4O4. The number of carbonyl (C=O) groups is 2.